The summed E-state index contributed by atoms with van der Waals surface area (Å²) in [4.78, 5) is 10.2. The van der Waals surface area contributed by atoms with E-state index in [9.17, 15) is 0 Å². The molecule has 4 heteroatoms. The molecule has 0 unspecified atom stereocenters. The molecule has 6 rings (SSSR count). The smallest absolute Gasteiger partial charge is 0.151 e. The van der Waals surface area contributed by atoms with Gasteiger partial charge in [-0.1, -0.05) is 76.2 Å². The van der Waals surface area contributed by atoms with Gasteiger partial charge >= 0.3 is 0 Å². The predicted octanol–water partition coefficient (Wildman–Crippen LogP) is 8.85. The molecule has 0 fully saturated rings. The van der Waals surface area contributed by atoms with Crippen LogP contribution in [0.15, 0.2) is 71.1 Å². The van der Waals surface area contributed by atoms with Crippen molar-refractivity contribution in [1.82, 2.24) is 14.5 Å². The monoisotopic (exact) mass is 473 g/mol. The van der Waals surface area contributed by atoms with Crippen molar-refractivity contribution in [2.24, 2.45) is 0 Å². The van der Waals surface area contributed by atoms with E-state index < -0.39 is 0 Å². The van der Waals surface area contributed by atoms with Crippen molar-refractivity contribution < 1.29 is 4.42 Å². The average molecular weight is 474 g/mol. The van der Waals surface area contributed by atoms with Crippen molar-refractivity contribution >= 4 is 33.0 Å². The largest absolute Gasteiger partial charge is 0.455 e. The summed E-state index contributed by atoms with van der Waals surface area (Å²) in [6, 6.07) is 23.3. The Kier molecular flexibility index (Phi) is 5.22. The third kappa shape index (κ3) is 3.28. The van der Waals surface area contributed by atoms with Crippen molar-refractivity contribution in [2.45, 2.75) is 53.4 Å². The number of aryl methyl sites for hydroxylation is 2. The summed E-state index contributed by atoms with van der Waals surface area (Å²) < 4.78 is 8.90. The number of hydrogen-bond donors (Lipinski definition) is 0. The van der Waals surface area contributed by atoms with E-state index >= 15 is 0 Å². The normalized spacial score (nSPS) is 12.1. The third-order valence-electron chi connectivity index (χ3n) is 7.23. The second kappa shape index (κ2) is 8.34. The molecular formula is C32H31N3O. The van der Waals surface area contributed by atoms with Crippen LogP contribution in [0.5, 0.6) is 0 Å². The van der Waals surface area contributed by atoms with E-state index in [4.69, 9.17) is 14.4 Å². The molecule has 0 aliphatic carbocycles. The van der Waals surface area contributed by atoms with E-state index in [1.807, 2.05) is 12.1 Å². The van der Waals surface area contributed by atoms with Crippen molar-refractivity contribution in [2.75, 3.05) is 0 Å². The fourth-order valence-electron chi connectivity index (χ4n) is 5.56. The SMILES string of the molecule is Cc1nc(C)c2c(oc3ccccc32)c1-c1nc2ccccc2n1-c1c(C(C)C)cccc1C(C)C. The average Bonchev–Trinajstić information content (AvgIpc) is 3.42. The van der Waals surface area contributed by atoms with E-state index in [1.54, 1.807) is 0 Å². The van der Waals surface area contributed by atoms with Crippen LogP contribution in [0.3, 0.4) is 0 Å². The van der Waals surface area contributed by atoms with Crippen LogP contribution in [0.1, 0.15) is 62.0 Å². The maximum Gasteiger partial charge on any atom is 0.151 e. The summed E-state index contributed by atoms with van der Waals surface area (Å²) in [5.41, 5.74) is 10.5. The van der Waals surface area contributed by atoms with Gasteiger partial charge < -0.3 is 4.42 Å². The lowest BCUT2D eigenvalue weighted by Crippen LogP contribution is -2.09. The number of rotatable bonds is 4. The summed E-state index contributed by atoms with van der Waals surface area (Å²) in [5, 5.41) is 2.15. The zero-order valence-corrected chi connectivity index (χ0v) is 21.8. The van der Waals surface area contributed by atoms with E-state index in [0.29, 0.717) is 11.8 Å². The van der Waals surface area contributed by atoms with Crippen molar-refractivity contribution in [1.29, 1.82) is 0 Å². The molecule has 0 aliphatic heterocycles. The number of imidazole rings is 1. The van der Waals surface area contributed by atoms with Crippen molar-refractivity contribution in [3.63, 3.8) is 0 Å². The molecule has 0 aliphatic rings. The highest BCUT2D eigenvalue weighted by Gasteiger charge is 2.26. The van der Waals surface area contributed by atoms with E-state index in [2.05, 4.69) is 101 Å². The first kappa shape index (κ1) is 22.5. The zero-order chi connectivity index (χ0) is 25.1. The summed E-state index contributed by atoms with van der Waals surface area (Å²) in [6.45, 7) is 13.2. The van der Waals surface area contributed by atoms with Gasteiger partial charge in [0.25, 0.3) is 0 Å². The molecule has 0 amide bonds. The number of benzene rings is 3. The molecule has 0 bridgehead atoms. The molecule has 36 heavy (non-hydrogen) atoms. The Morgan fingerprint density at radius 1 is 0.722 bits per heavy atom. The lowest BCUT2D eigenvalue weighted by atomic mass is 9.92. The fourth-order valence-corrected chi connectivity index (χ4v) is 5.56. The first-order valence-corrected chi connectivity index (χ1v) is 12.8. The molecule has 3 heterocycles. The van der Waals surface area contributed by atoms with Crippen LogP contribution in [0.2, 0.25) is 0 Å². The summed E-state index contributed by atoms with van der Waals surface area (Å²) in [5.74, 6) is 1.59. The molecule has 4 nitrogen and oxygen atoms in total. The fraction of sp³-hybridized carbons (Fsp3) is 0.250. The van der Waals surface area contributed by atoms with Crippen LogP contribution in [-0.2, 0) is 0 Å². The van der Waals surface area contributed by atoms with Crippen LogP contribution in [0.4, 0.5) is 0 Å². The van der Waals surface area contributed by atoms with Gasteiger partial charge in [-0.2, -0.15) is 0 Å². The summed E-state index contributed by atoms with van der Waals surface area (Å²) >= 11 is 0. The van der Waals surface area contributed by atoms with Crippen molar-refractivity contribution in [3.05, 3.63) is 89.2 Å². The summed E-state index contributed by atoms with van der Waals surface area (Å²) in [6.07, 6.45) is 0. The first-order valence-electron chi connectivity index (χ1n) is 12.8. The molecule has 0 N–H and O–H groups in total. The highest BCUT2D eigenvalue weighted by Crippen LogP contribution is 2.42. The van der Waals surface area contributed by atoms with Gasteiger partial charge in [-0.15, -0.1) is 0 Å². The van der Waals surface area contributed by atoms with Crippen molar-refractivity contribution in [3.8, 4) is 17.1 Å². The lowest BCUT2D eigenvalue weighted by molar-refractivity contribution is 0.668. The standard InChI is InChI=1S/C32H31N3O/c1-18(2)22-13-11-14-23(19(3)4)30(22)35-26-16-9-8-15-25(26)34-32(35)29-21(6)33-20(5)28-24-12-7-10-17-27(24)36-31(28)29/h7-19H,1-6H3. The first-order chi connectivity index (χ1) is 17.4. The Morgan fingerprint density at radius 2 is 1.39 bits per heavy atom. The van der Waals surface area contributed by atoms with Crippen LogP contribution in [0.25, 0.3) is 50.0 Å². The Balaban J connectivity index is 1.81. The summed E-state index contributed by atoms with van der Waals surface area (Å²) in [7, 11) is 0. The number of para-hydroxylation sites is 4. The highest BCUT2D eigenvalue weighted by molar-refractivity contribution is 6.11. The Labute approximate surface area is 211 Å². The van der Waals surface area contributed by atoms with Gasteiger partial charge in [0.2, 0.25) is 0 Å². The van der Waals surface area contributed by atoms with Crippen LogP contribution in [0, 0.1) is 13.8 Å². The Hall–Kier alpha value is -3.92. The maximum absolute atomic E-state index is 6.55. The number of hydrogen-bond acceptors (Lipinski definition) is 3. The molecule has 0 saturated carbocycles. The number of pyridine rings is 1. The lowest BCUT2D eigenvalue weighted by Gasteiger charge is -2.23. The van der Waals surface area contributed by atoms with Gasteiger partial charge in [0.05, 0.1) is 33.4 Å². The number of nitrogens with zero attached hydrogens (tertiary/aromatic N) is 3. The van der Waals surface area contributed by atoms with Gasteiger partial charge in [-0.05, 0) is 55.0 Å². The van der Waals surface area contributed by atoms with Gasteiger partial charge in [-0.3, -0.25) is 9.55 Å². The molecule has 0 spiro atoms. The van der Waals surface area contributed by atoms with Crippen LogP contribution < -0.4 is 0 Å². The maximum atomic E-state index is 6.55. The molecule has 0 atom stereocenters. The van der Waals surface area contributed by atoms with Gasteiger partial charge in [0.1, 0.15) is 11.2 Å². The van der Waals surface area contributed by atoms with Gasteiger partial charge in [-0.25, -0.2) is 4.98 Å². The molecule has 3 aromatic heterocycles. The predicted molar refractivity (Wildman–Crippen MR) is 149 cm³/mol. The van der Waals surface area contributed by atoms with Crippen LogP contribution in [-0.4, -0.2) is 14.5 Å². The highest BCUT2D eigenvalue weighted by atomic mass is 16.3. The minimum absolute atomic E-state index is 0.358. The number of fused-ring (bicyclic) bond motifs is 4. The minimum Gasteiger partial charge on any atom is -0.455 e. The Bertz CT molecular complexity index is 1740. The van der Waals surface area contributed by atoms with Gasteiger partial charge in [0.15, 0.2) is 5.82 Å². The number of aromatic nitrogens is 3. The molecule has 0 radical (unpaired) electrons. The second-order valence-corrected chi connectivity index (χ2v) is 10.3. The molecule has 0 saturated heterocycles. The second-order valence-electron chi connectivity index (χ2n) is 10.3. The van der Waals surface area contributed by atoms with Gasteiger partial charge in [0, 0.05) is 11.1 Å². The molecular weight excluding hydrogens is 442 g/mol. The molecule has 180 valence electrons. The van der Waals surface area contributed by atoms with E-state index in [0.717, 1.165) is 55.7 Å². The van der Waals surface area contributed by atoms with E-state index in [1.165, 1.54) is 16.8 Å². The van der Waals surface area contributed by atoms with Crippen LogP contribution >= 0.6 is 0 Å². The third-order valence-corrected chi connectivity index (χ3v) is 7.23. The quantitative estimate of drug-likeness (QED) is 0.257. The Morgan fingerprint density at radius 3 is 2.11 bits per heavy atom. The minimum atomic E-state index is 0.358. The zero-order valence-electron chi connectivity index (χ0n) is 21.8. The molecule has 6 aromatic rings. The van der Waals surface area contributed by atoms with E-state index in [-0.39, 0.29) is 0 Å². The topological polar surface area (TPSA) is 43.9 Å². The number of furan rings is 1. The molecule has 3 aromatic carbocycles.